The van der Waals surface area contributed by atoms with Crippen LogP contribution in [0.1, 0.15) is 6.92 Å². The minimum atomic E-state index is 0.620. The highest BCUT2D eigenvalue weighted by atomic mass is 16.5. The van der Waals surface area contributed by atoms with E-state index >= 15 is 0 Å². The van der Waals surface area contributed by atoms with Crippen LogP contribution in [-0.4, -0.2) is 30.7 Å². The fraction of sp³-hybridized carbons (Fsp3) is 0.286. The number of methoxy groups -OCH3 is 2. The van der Waals surface area contributed by atoms with Gasteiger partial charge in [0.05, 0.1) is 19.9 Å². The number of nitrogens with one attached hydrogen (secondary N) is 1. The number of anilines is 1. The van der Waals surface area contributed by atoms with Crippen LogP contribution in [0, 0.1) is 0 Å². The fourth-order valence-corrected chi connectivity index (χ4v) is 1.76. The van der Waals surface area contributed by atoms with Crippen molar-refractivity contribution in [2.75, 3.05) is 26.1 Å². The van der Waals surface area contributed by atoms with Crippen molar-refractivity contribution >= 4 is 5.95 Å². The molecular formula is C14H17N3O2. The highest BCUT2D eigenvalue weighted by Crippen LogP contribution is 2.31. The Bertz CT molecular complexity index is 558. The van der Waals surface area contributed by atoms with E-state index in [1.807, 2.05) is 31.2 Å². The van der Waals surface area contributed by atoms with E-state index in [0.717, 1.165) is 17.8 Å². The third-order valence-electron chi connectivity index (χ3n) is 2.67. The maximum atomic E-state index is 5.29. The lowest BCUT2D eigenvalue weighted by molar-refractivity contribution is 0.355. The quantitative estimate of drug-likeness (QED) is 0.894. The number of benzene rings is 1. The molecule has 2 rings (SSSR count). The second kappa shape index (κ2) is 6.04. The molecule has 0 spiro atoms. The maximum absolute atomic E-state index is 5.29. The maximum Gasteiger partial charge on any atom is 0.223 e. The Morgan fingerprint density at radius 1 is 1.11 bits per heavy atom. The number of hydrogen-bond acceptors (Lipinski definition) is 5. The molecular weight excluding hydrogens is 242 g/mol. The lowest BCUT2D eigenvalue weighted by Gasteiger charge is -2.10. The molecule has 5 heteroatoms. The summed E-state index contributed by atoms with van der Waals surface area (Å²) in [6.45, 7) is 2.79. The third kappa shape index (κ3) is 2.93. The van der Waals surface area contributed by atoms with Crippen LogP contribution in [0.15, 0.2) is 30.5 Å². The molecule has 0 fully saturated rings. The van der Waals surface area contributed by atoms with Crippen molar-refractivity contribution in [1.82, 2.24) is 9.97 Å². The molecule has 2 aromatic rings. The van der Waals surface area contributed by atoms with Gasteiger partial charge in [-0.3, -0.25) is 0 Å². The van der Waals surface area contributed by atoms with Crippen LogP contribution >= 0.6 is 0 Å². The van der Waals surface area contributed by atoms with Gasteiger partial charge in [0.15, 0.2) is 11.5 Å². The summed E-state index contributed by atoms with van der Waals surface area (Å²) in [4.78, 5) is 8.60. The Morgan fingerprint density at radius 3 is 2.58 bits per heavy atom. The minimum absolute atomic E-state index is 0.620. The number of nitrogens with zero attached hydrogens (tertiary/aromatic N) is 2. The van der Waals surface area contributed by atoms with E-state index < -0.39 is 0 Å². The van der Waals surface area contributed by atoms with E-state index in [1.165, 1.54) is 0 Å². The van der Waals surface area contributed by atoms with Crippen LogP contribution in [-0.2, 0) is 0 Å². The molecule has 0 unspecified atom stereocenters. The highest BCUT2D eigenvalue weighted by Gasteiger charge is 2.07. The molecule has 1 aromatic heterocycles. The summed E-state index contributed by atoms with van der Waals surface area (Å²) >= 11 is 0. The summed E-state index contributed by atoms with van der Waals surface area (Å²) in [5.41, 5.74) is 1.80. The van der Waals surface area contributed by atoms with Crippen molar-refractivity contribution in [3.05, 3.63) is 30.5 Å². The predicted molar refractivity (Wildman–Crippen MR) is 74.7 cm³/mol. The molecule has 0 aliphatic carbocycles. The van der Waals surface area contributed by atoms with Crippen LogP contribution in [0.4, 0.5) is 5.95 Å². The van der Waals surface area contributed by atoms with Gasteiger partial charge in [0.25, 0.3) is 0 Å². The van der Waals surface area contributed by atoms with E-state index in [1.54, 1.807) is 20.4 Å². The Kier molecular flexibility index (Phi) is 4.18. The smallest absolute Gasteiger partial charge is 0.223 e. The lowest BCUT2D eigenvalue weighted by atomic mass is 10.1. The average molecular weight is 259 g/mol. The van der Waals surface area contributed by atoms with Crippen molar-refractivity contribution in [3.8, 4) is 22.8 Å². The normalized spacial score (nSPS) is 10.1. The SMILES string of the molecule is CCNc1nccc(-c2ccc(OC)c(OC)c2)n1. The van der Waals surface area contributed by atoms with Gasteiger partial charge in [-0.1, -0.05) is 0 Å². The van der Waals surface area contributed by atoms with E-state index in [-0.39, 0.29) is 0 Å². The van der Waals surface area contributed by atoms with Gasteiger partial charge in [-0.2, -0.15) is 0 Å². The number of ether oxygens (including phenoxy) is 2. The molecule has 0 amide bonds. The van der Waals surface area contributed by atoms with Gasteiger partial charge in [-0.15, -0.1) is 0 Å². The Labute approximate surface area is 112 Å². The Balaban J connectivity index is 2.38. The summed E-state index contributed by atoms with van der Waals surface area (Å²) in [6.07, 6.45) is 1.73. The van der Waals surface area contributed by atoms with E-state index in [9.17, 15) is 0 Å². The van der Waals surface area contributed by atoms with Crippen LogP contribution < -0.4 is 14.8 Å². The van der Waals surface area contributed by atoms with Gasteiger partial charge in [0.2, 0.25) is 5.95 Å². The molecule has 0 atom stereocenters. The molecule has 0 bridgehead atoms. The Morgan fingerprint density at radius 2 is 1.89 bits per heavy atom. The zero-order chi connectivity index (χ0) is 13.7. The van der Waals surface area contributed by atoms with Crippen LogP contribution in [0.3, 0.4) is 0 Å². The molecule has 0 aliphatic rings. The van der Waals surface area contributed by atoms with Crippen LogP contribution in [0.25, 0.3) is 11.3 Å². The molecule has 0 aliphatic heterocycles. The summed E-state index contributed by atoms with van der Waals surface area (Å²) in [5, 5.41) is 3.09. The zero-order valence-corrected chi connectivity index (χ0v) is 11.3. The van der Waals surface area contributed by atoms with Crippen molar-refractivity contribution in [2.45, 2.75) is 6.92 Å². The summed E-state index contributed by atoms with van der Waals surface area (Å²) in [6, 6.07) is 7.57. The van der Waals surface area contributed by atoms with E-state index in [4.69, 9.17) is 9.47 Å². The first kappa shape index (κ1) is 13.1. The molecule has 100 valence electrons. The van der Waals surface area contributed by atoms with Gasteiger partial charge in [0, 0.05) is 18.3 Å². The first-order valence-corrected chi connectivity index (χ1v) is 6.07. The van der Waals surface area contributed by atoms with Crippen molar-refractivity contribution in [3.63, 3.8) is 0 Å². The monoisotopic (exact) mass is 259 g/mol. The standard InChI is InChI=1S/C14H17N3O2/c1-4-15-14-16-8-7-11(17-14)10-5-6-12(18-2)13(9-10)19-3/h5-9H,4H2,1-3H3,(H,15,16,17). The number of hydrogen-bond donors (Lipinski definition) is 1. The van der Waals surface area contributed by atoms with Gasteiger partial charge < -0.3 is 14.8 Å². The molecule has 0 radical (unpaired) electrons. The highest BCUT2D eigenvalue weighted by molar-refractivity contribution is 5.64. The summed E-state index contributed by atoms with van der Waals surface area (Å²) < 4.78 is 10.5. The third-order valence-corrected chi connectivity index (χ3v) is 2.67. The number of rotatable bonds is 5. The minimum Gasteiger partial charge on any atom is -0.493 e. The van der Waals surface area contributed by atoms with Crippen LogP contribution in [0.2, 0.25) is 0 Å². The molecule has 0 saturated heterocycles. The number of aromatic nitrogens is 2. The first-order chi connectivity index (χ1) is 9.28. The molecule has 19 heavy (non-hydrogen) atoms. The van der Waals surface area contributed by atoms with Crippen molar-refractivity contribution < 1.29 is 9.47 Å². The molecule has 0 saturated carbocycles. The second-order valence-corrected chi connectivity index (χ2v) is 3.87. The van der Waals surface area contributed by atoms with Gasteiger partial charge in [-0.25, -0.2) is 9.97 Å². The van der Waals surface area contributed by atoms with E-state index in [0.29, 0.717) is 17.4 Å². The average Bonchev–Trinajstić information content (AvgIpc) is 2.47. The van der Waals surface area contributed by atoms with E-state index in [2.05, 4.69) is 15.3 Å². The Hall–Kier alpha value is -2.30. The topological polar surface area (TPSA) is 56.3 Å². The molecule has 5 nitrogen and oxygen atoms in total. The predicted octanol–water partition coefficient (Wildman–Crippen LogP) is 2.59. The largest absolute Gasteiger partial charge is 0.493 e. The summed E-state index contributed by atoms with van der Waals surface area (Å²) in [5.74, 6) is 2.01. The first-order valence-electron chi connectivity index (χ1n) is 6.07. The molecule has 1 heterocycles. The lowest BCUT2D eigenvalue weighted by Crippen LogP contribution is -2.02. The van der Waals surface area contributed by atoms with Gasteiger partial charge in [0.1, 0.15) is 0 Å². The zero-order valence-electron chi connectivity index (χ0n) is 11.3. The molecule has 1 N–H and O–H groups in total. The van der Waals surface area contributed by atoms with Gasteiger partial charge >= 0.3 is 0 Å². The fourth-order valence-electron chi connectivity index (χ4n) is 1.76. The van der Waals surface area contributed by atoms with Crippen molar-refractivity contribution in [2.24, 2.45) is 0 Å². The second-order valence-electron chi connectivity index (χ2n) is 3.87. The molecule has 1 aromatic carbocycles. The van der Waals surface area contributed by atoms with Crippen molar-refractivity contribution in [1.29, 1.82) is 0 Å². The van der Waals surface area contributed by atoms with Crippen LogP contribution in [0.5, 0.6) is 11.5 Å². The summed E-state index contributed by atoms with van der Waals surface area (Å²) in [7, 11) is 3.23. The van der Waals surface area contributed by atoms with Gasteiger partial charge in [-0.05, 0) is 31.2 Å².